The summed E-state index contributed by atoms with van der Waals surface area (Å²) in [4.78, 5) is 14.1. The lowest BCUT2D eigenvalue weighted by Crippen LogP contribution is -2.43. The molecule has 3 nitrogen and oxygen atoms in total. The van der Waals surface area contributed by atoms with E-state index in [0.29, 0.717) is 6.04 Å². The number of thioether (sulfide) groups is 1. The molecule has 0 saturated heterocycles. The van der Waals surface area contributed by atoms with Crippen molar-refractivity contribution in [1.29, 1.82) is 0 Å². The van der Waals surface area contributed by atoms with Gasteiger partial charge in [0.2, 0.25) is 5.91 Å². The molecule has 2 N–H and O–H groups in total. The third kappa shape index (κ3) is 3.88. The van der Waals surface area contributed by atoms with Crippen LogP contribution in [0.5, 0.6) is 0 Å². The third-order valence-electron chi connectivity index (χ3n) is 3.83. The van der Waals surface area contributed by atoms with Crippen molar-refractivity contribution in [1.82, 2.24) is 4.90 Å². The van der Waals surface area contributed by atoms with Crippen molar-refractivity contribution < 1.29 is 4.79 Å². The van der Waals surface area contributed by atoms with Gasteiger partial charge in [-0.15, -0.1) is 0 Å². The maximum Gasteiger partial charge on any atom is 0.226 e. The second-order valence-electron chi connectivity index (χ2n) is 5.14. The molecule has 0 aliphatic heterocycles. The van der Waals surface area contributed by atoms with E-state index < -0.39 is 0 Å². The quantitative estimate of drug-likeness (QED) is 0.821. The highest BCUT2D eigenvalue weighted by Gasteiger charge is 2.32. The SMILES string of the molecule is CCSC1CCC(N(C)C(=O)C(C)C(C)N)C1. The lowest BCUT2D eigenvalue weighted by atomic mass is 10.0. The number of nitrogens with two attached hydrogens (primary N) is 1. The molecular weight excluding hydrogens is 232 g/mol. The van der Waals surface area contributed by atoms with Crippen LogP contribution in [0.2, 0.25) is 0 Å². The second-order valence-corrected chi connectivity index (χ2v) is 6.72. The number of carbonyl (C=O) groups is 1. The molecule has 1 amide bonds. The molecule has 4 atom stereocenters. The first-order valence-electron chi connectivity index (χ1n) is 6.61. The summed E-state index contributed by atoms with van der Waals surface area (Å²) in [6, 6.07) is 0.361. The minimum absolute atomic E-state index is 0.0628. The van der Waals surface area contributed by atoms with Crippen LogP contribution in [-0.2, 0) is 4.79 Å². The average Bonchev–Trinajstić information content (AvgIpc) is 2.75. The molecule has 4 unspecified atom stereocenters. The molecule has 4 heteroatoms. The van der Waals surface area contributed by atoms with Crippen LogP contribution >= 0.6 is 11.8 Å². The van der Waals surface area contributed by atoms with Gasteiger partial charge in [0.15, 0.2) is 0 Å². The minimum atomic E-state index is -0.0714. The first-order chi connectivity index (χ1) is 7.97. The Morgan fingerprint density at radius 3 is 2.65 bits per heavy atom. The molecule has 100 valence electrons. The highest BCUT2D eigenvalue weighted by atomic mass is 32.2. The van der Waals surface area contributed by atoms with Crippen molar-refractivity contribution in [3.63, 3.8) is 0 Å². The fourth-order valence-corrected chi connectivity index (χ4v) is 3.51. The van der Waals surface area contributed by atoms with Crippen molar-refractivity contribution >= 4 is 17.7 Å². The zero-order valence-electron chi connectivity index (χ0n) is 11.5. The summed E-state index contributed by atoms with van der Waals surface area (Å²) in [7, 11) is 1.94. The Bertz CT molecular complexity index is 258. The van der Waals surface area contributed by atoms with Crippen LogP contribution in [0.15, 0.2) is 0 Å². The molecule has 0 aromatic heterocycles. The predicted octanol–water partition coefficient (Wildman–Crippen LogP) is 2.10. The van der Waals surface area contributed by atoms with Gasteiger partial charge < -0.3 is 10.6 Å². The predicted molar refractivity (Wildman–Crippen MR) is 75.1 cm³/mol. The smallest absolute Gasteiger partial charge is 0.226 e. The van der Waals surface area contributed by atoms with E-state index in [1.165, 1.54) is 12.2 Å². The average molecular weight is 258 g/mol. The zero-order chi connectivity index (χ0) is 13.0. The Kier molecular flexibility index (Phi) is 5.80. The summed E-state index contributed by atoms with van der Waals surface area (Å²) in [5.41, 5.74) is 5.80. The highest BCUT2D eigenvalue weighted by Crippen LogP contribution is 2.32. The number of nitrogens with zero attached hydrogens (tertiary/aromatic N) is 1. The number of rotatable bonds is 5. The van der Waals surface area contributed by atoms with Crippen LogP contribution in [0.3, 0.4) is 0 Å². The maximum atomic E-state index is 12.2. The number of hydrogen-bond donors (Lipinski definition) is 1. The van der Waals surface area contributed by atoms with Gasteiger partial charge in [0.05, 0.1) is 5.92 Å². The van der Waals surface area contributed by atoms with Gasteiger partial charge in [-0.25, -0.2) is 0 Å². The molecule has 17 heavy (non-hydrogen) atoms. The first-order valence-corrected chi connectivity index (χ1v) is 7.66. The summed E-state index contributed by atoms with van der Waals surface area (Å²) < 4.78 is 0. The van der Waals surface area contributed by atoms with Crippen molar-refractivity contribution in [3.8, 4) is 0 Å². The molecule has 0 bridgehead atoms. The van der Waals surface area contributed by atoms with E-state index in [0.717, 1.165) is 18.1 Å². The highest BCUT2D eigenvalue weighted by molar-refractivity contribution is 7.99. The van der Waals surface area contributed by atoms with Gasteiger partial charge in [-0.3, -0.25) is 4.79 Å². The summed E-state index contributed by atoms with van der Waals surface area (Å²) in [6.45, 7) is 6.03. The summed E-state index contributed by atoms with van der Waals surface area (Å²) >= 11 is 2.02. The molecule has 0 heterocycles. The van der Waals surface area contributed by atoms with Crippen molar-refractivity contribution in [2.75, 3.05) is 12.8 Å². The lowest BCUT2D eigenvalue weighted by molar-refractivity contribution is -0.136. The van der Waals surface area contributed by atoms with Crippen molar-refractivity contribution in [3.05, 3.63) is 0 Å². The van der Waals surface area contributed by atoms with Gasteiger partial charge in [0.1, 0.15) is 0 Å². The maximum absolute atomic E-state index is 12.2. The molecule has 0 spiro atoms. The van der Waals surface area contributed by atoms with E-state index >= 15 is 0 Å². The summed E-state index contributed by atoms with van der Waals surface area (Å²) in [6.07, 6.45) is 3.53. The van der Waals surface area contributed by atoms with E-state index in [1.807, 2.05) is 37.6 Å². The molecule has 1 aliphatic carbocycles. The van der Waals surface area contributed by atoms with Crippen LogP contribution in [0.1, 0.15) is 40.0 Å². The van der Waals surface area contributed by atoms with Gasteiger partial charge in [-0.2, -0.15) is 11.8 Å². The Morgan fingerprint density at radius 1 is 1.47 bits per heavy atom. The normalized spacial score (nSPS) is 27.8. The molecule has 1 rings (SSSR count). The second kappa shape index (κ2) is 6.64. The molecule has 0 aromatic rings. The van der Waals surface area contributed by atoms with Crippen LogP contribution in [0.4, 0.5) is 0 Å². The van der Waals surface area contributed by atoms with Gasteiger partial charge in [0, 0.05) is 24.4 Å². The lowest BCUT2D eigenvalue weighted by Gasteiger charge is -2.29. The van der Waals surface area contributed by atoms with Crippen LogP contribution in [-0.4, -0.2) is 40.9 Å². The first kappa shape index (κ1) is 14.8. The van der Waals surface area contributed by atoms with E-state index in [2.05, 4.69) is 6.92 Å². The third-order valence-corrected chi connectivity index (χ3v) is 5.07. The number of carbonyl (C=O) groups excluding carboxylic acids is 1. The van der Waals surface area contributed by atoms with Gasteiger partial charge >= 0.3 is 0 Å². The topological polar surface area (TPSA) is 46.3 Å². The monoisotopic (exact) mass is 258 g/mol. The Hall–Kier alpha value is -0.220. The Labute approximate surface area is 109 Å². The van der Waals surface area contributed by atoms with Crippen LogP contribution in [0.25, 0.3) is 0 Å². The Morgan fingerprint density at radius 2 is 2.12 bits per heavy atom. The molecule has 0 aromatic carbocycles. The Balaban J connectivity index is 2.48. The van der Waals surface area contributed by atoms with E-state index in [4.69, 9.17) is 5.73 Å². The molecule has 1 fully saturated rings. The van der Waals surface area contributed by atoms with E-state index in [9.17, 15) is 4.79 Å². The van der Waals surface area contributed by atoms with Crippen molar-refractivity contribution in [2.45, 2.75) is 57.4 Å². The van der Waals surface area contributed by atoms with Crippen molar-refractivity contribution in [2.24, 2.45) is 11.7 Å². The fraction of sp³-hybridized carbons (Fsp3) is 0.923. The fourth-order valence-electron chi connectivity index (χ4n) is 2.38. The number of amides is 1. The van der Waals surface area contributed by atoms with Crippen LogP contribution in [0, 0.1) is 5.92 Å². The van der Waals surface area contributed by atoms with Crippen LogP contribution < -0.4 is 5.73 Å². The standard InChI is InChI=1S/C13H26N2OS/c1-5-17-12-7-6-11(8-12)15(4)13(16)9(2)10(3)14/h9-12H,5-8,14H2,1-4H3. The molecular formula is C13H26N2OS. The molecule has 1 saturated carbocycles. The van der Waals surface area contributed by atoms with Gasteiger partial charge in [0.25, 0.3) is 0 Å². The number of hydrogen-bond acceptors (Lipinski definition) is 3. The largest absolute Gasteiger partial charge is 0.342 e. The van der Waals surface area contributed by atoms with E-state index in [-0.39, 0.29) is 17.9 Å². The zero-order valence-corrected chi connectivity index (χ0v) is 12.3. The van der Waals surface area contributed by atoms with Gasteiger partial charge in [-0.1, -0.05) is 13.8 Å². The van der Waals surface area contributed by atoms with E-state index in [1.54, 1.807) is 0 Å². The summed E-state index contributed by atoms with van der Waals surface area (Å²) in [5, 5.41) is 0.742. The molecule has 0 radical (unpaired) electrons. The van der Waals surface area contributed by atoms with Gasteiger partial charge in [-0.05, 0) is 31.9 Å². The minimum Gasteiger partial charge on any atom is -0.342 e. The summed E-state index contributed by atoms with van der Waals surface area (Å²) in [5.74, 6) is 1.30. The molecule has 1 aliphatic rings.